The zero-order valence-electron chi connectivity index (χ0n) is 18.4. The third-order valence-corrected chi connectivity index (χ3v) is 5.33. The van der Waals surface area contributed by atoms with Gasteiger partial charge in [-0.3, -0.25) is 0 Å². The van der Waals surface area contributed by atoms with Crippen LogP contribution >= 0.6 is 0 Å². The van der Waals surface area contributed by atoms with Crippen molar-refractivity contribution in [2.24, 2.45) is 11.3 Å². The Morgan fingerprint density at radius 1 is 1.08 bits per heavy atom. The van der Waals surface area contributed by atoms with Gasteiger partial charge in [-0.1, -0.05) is 66.2 Å². The molecule has 1 N–H and O–H groups in total. The number of unbranched alkanes of at least 4 members (excludes halogenated alkanes) is 5. The van der Waals surface area contributed by atoms with E-state index in [1.54, 1.807) is 6.20 Å². The van der Waals surface area contributed by atoms with Gasteiger partial charge in [0.1, 0.15) is 6.10 Å². The molecule has 0 spiro atoms. The standard InChI is InChI=1S/C22H42N2O2/c1-9-10-11-12-13-14-15-18(21(3,4)5)22(6,7)26-17(2)20-24-16-19(23-8)25-20/h16-18,23H,9-15H2,1-8H3. The maximum absolute atomic E-state index is 6.48. The van der Waals surface area contributed by atoms with E-state index < -0.39 is 0 Å². The second kappa shape index (κ2) is 10.3. The molecule has 152 valence electrons. The van der Waals surface area contributed by atoms with Crippen molar-refractivity contribution >= 4 is 5.88 Å². The zero-order valence-corrected chi connectivity index (χ0v) is 18.4. The highest BCUT2D eigenvalue weighted by Crippen LogP contribution is 2.42. The maximum Gasteiger partial charge on any atom is 0.225 e. The van der Waals surface area contributed by atoms with E-state index in [4.69, 9.17) is 9.15 Å². The SMILES string of the molecule is CCCCCCCCC(C(C)(C)C)C(C)(C)OC(C)c1ncc(NC)o1. The lowest BCUT2D eigenvalue weighted by Gasteiger charge is -2.44. The van der Waals surface area contributed by atoms with Crippen molar-refractivity contribution in [2.45, 2.75) is 105 Å². The summed E-state index contributed by atoms with van der Waals surface area (Å²) >= 11 is 0. The summed E-state index contributed by atoms with van der Waals surface area (Å²) in [6.45, 7) is 15.7. The Bertz CT molecular complexity index is 502. The molecule has 0 saturated carbocycles. The topological polar surface area (TPSA) is 47.3 Å². The third kappa shape index (κ3) is 7.30. The first-order valence-electron chi connectivity index (χ1n) is 10.4. The Balaban J connectivity index is 2.68. The predicted molar refractivity (Wildman–Crippen MR) is 111 cm³/mol. The van der Waals surface area contributed by atoms with Crippen molar-refractivity contribution < 1.29 is 9.15 Å². The molecular formula is C22H42N2O2. The van der Waals surface area contributed by atoms with Crippen LogP contribution in [0.5, 0.6) is 0 Å². The highest BCUT2D eigenvalue weighted by Gasteiger charge is 2.40. The summed E-state index contributed by atoms with van der Waals surface area (Å²) in [6.07, 6.45) is 10.7. The van der Waals surface area contributed by atoms with E-state index in [1.807, 2.05) is 14.0 Å². The molecule has 0 bridgehead atoms. The lowest BCUT2D eigenvalue weighted by atomic mass is 9.69. The Kier molecular flexibility index (Phi) is 9.15. The molecule has 1 rings (SSSR count). The second-order valence-electron chi connectivity index (χ2n) is 9.15. The summed E-state index contributed by atoms with van der Waals surface area (Å²) in [5.41, 5.74) is -0.0469. The molecule has 1 aromatic heterocycles. The first-order chi connectivity index (χ1) is 12.1. The maximum atomic E-state index is 6.48. The molecule has 0 saturated heterocycles. The minimum absolute atomic E-state index is 0.165. The lowest BCUT2D eigenvalue weighted by Crippen LogP contribution is -2.42. The fourth-order valence-electron chi connectivity index (χ4n) is 4.13. The first kappa shape index (κ1) is 23.0. The van der Waals surface area contributed by atoms with E-state index in [0.717, 1.165) is 0 Å². The smallest absolute Gasteiger partial charge is 0.225 e. The predicted octanol–water partition coefficient (Wildman–Crippen LogP) is 6.99. The van der Waals surface area contributed by atoms with Gasteiger partial charge in [-0.15, -0.1) is 0 Å². The van der Waals surface area contributed by atoms with Gasteiger partial charge in [0.2, 0.25) is 11.8 Å². The zero-order chi connectivity index (χ0) is 19.8. The summed E-state index contributed by atoms with van der Waals surface area (Å²) < 4.78 is 12.2. The molecule has 4 heteroatoms. The van der Waals surface area contributed by atoms with Crippen molar-refractivity contribution in [1.82, 2.24) is 4.98 Å². The number of nitrogens with zero attached hydrogens (tertiary/aromatic N) is 1. The van der Waals surface area contributed by atoms with Gasteiger partial charge >= 0.3 is 0 Å². The molecule has 0 aliphatic heterocycles. The summed E-state index contributed by atoms with van der Waals surface area (Å²) in [5, 5.41) is 2.98. The monoisotopic (exact) mass is 366 g/mol. The Hall–Kier alpha value is -1.03. The highest BCUT2D eigenvalue weighted by atomic mass is 16.5. The molecule has 0 radical (unpaired) electrons. The van der Waals surface area contributed by atoms with Crippen LogP contribution in [0.15, 0.2) is 10.6 Å². The number of nitrogens with one attached hydrogen (secondary N) is 1. The van der Waals surface area contributed by atoms with Crippen LogP contribution in [-0.4, -0.2) is 17.6 Å². The fourth-order valence-corrected chi connectivity index (χ4v) is 4.13. The number of anilines is 1. The molecular weight excluding hydrogens is 324 g/mol. The van der Waals surface area contributed by atoms with E-state index in [2.05, 4.69) is 51.8 Å². The van der Waals surface area contributed by atoms with Crippen molar-refractivity contribution in [3.05, 3.63) is 12.1 Å². The van der Waals surface area contributed by atoms with Gasteiger partial charge in [0, 0.05) is 7.05 Å². The minimum Gasteiger partial charge on any atom is -0.423 e. The summed E-state index contributed by atoms with van der Waals surface area (Å²) in [5.74, 6) is 1.78. The number of rotatable bonds is 12. The van der Waals surface area contributed by atoms with Crippen LogP contribution in [0.1, 0.15) is 105 Å². The average molecular weight is 367 g/mol. The van der Waals surface area contributed by atoms with Gasteiger partial charge in [-0.2, -0.15) is 0 Å². The molecule has 0 fully saturated rings. The molecule has 2 unspecified atom stereocenters. The molecule has 4 nitrogen and oxygen atoms in total. The van der Waals surface area contributed by atoms with Crippen LogP contribution in [0, 0.1) is 11.3 Å². The van der Waals surface area contributed by atoms with Gasteiger partial charge in [-0.05, 0) is 38.5 Å². The van der Waals surface area contributed by atoms with Crippen LogP contribution < -0.4 is 5.32 Å². The molecule has 0 aliphatic carbocycles. The Morgan fingerprint density at radius 2 is 1.69 bits per heavy atom. The van der Waals surface area contributed by atoms with E-state index >= 15 is 0 Å². The van der Waals surface area contributed by atoms with E-state index in [1.165, 1.54) is 44.9 Å². The van der Waals surface area contributed by atoms with Crippen molar-refractivity contribution in [2.75, 3.05) is 12.4 Å². The molecule has 1 aromatic rings. The minimum atomic E-state index is -0.241. The van der Waals surface area contributed by atoms with Crippen molar-refractivity contribution in [1.29, 1.82) is 0 Å². The van der Waals surface area contributed by atoms with Gasteiger partial charge in [0.25, 0.3) is 0 Å². The molecule has 2 atom stereocenters. The average Bonchev–Trinajstić information content (AvgIpc) is 3.01. The van der Waals surface area contributed by atoms with Gasteiger partial charge < -0.3 is 14.5 Å². The van der Waals surface area contributed by atoms with Gasteiger partial charge in [0.15, 0.2) is 0 Å². The molecule has 1 heterocycles. The Morgan fingerprint density at radius 3 is 2.23 bits per heavy atom. The van der Waals surface area contributed by atoms with Gasteiger partial charge in [0.05, 0.1) is 11.8 Å². The largest absolute Gasteiger partial charge is 0.423 e. The molecule has 0 amide bonds. The fraction of sp³-hybridized carbons (Fsp3) is 0.864. The van der Waals surface area contributed by atoms with Crippen LogP contribution in [0.2, 0.25) is 0 Å². The van der Waals surface area contributed by atoms with Crippen molar-refractivity contribution in [3.8, 4) is 0 Å². The molecule has 26 heavy (non-hydrogen) atoms. The first-order valence-corrected chi connectivity index (χ1v) is 10.4. The quantitative estimate of drug-likeness (QED) is 0.405. The highest BCUT2D eigenvalue weighted by molar-refractivity contribution is 5.25. The third-order valence-electron chi connectivity index (χ3n) is 5.33. The number of hydrogen-bond donors (Lipinski definition) is 1. The molecule has 0 aliphatic rings. The number of aromatic nitrogens is 1. The Labute approximate surface area is 161 Å². The summed E-state index contributed by atoms with van der Waals surface area (Å²) in [4.78, 5) is 4.34. The summed E-state index contributed by atoms with van der Waals surface area (Å²) in [6, 6.07) is 0. The van der Waals surface area contributed by atoms with E-state index in [0.29, 0.717) is 17.7 Å². The number of oxazole rings is 1. The number of ether oxygens (including phenoxy) is 1. The lowest BCUT2D eigenvalue weighted by molar-refractivity contribution is -0.135. The van der Waals surface area contributed by atoms with Crippen LogP contribution in [0.25, 0.3) is 0 Å². The van der Waals surface area contributed by atoms with E-state index in [-0.39, 0.29) is 17.1 Å². The van der Waals surface area contributed by atoms with Crippen LogP contribution in [0.3, 0.4) is 0 Å². The van der Waals surface area contributed by atoms with E-state index in [9.17, 15) is 0 Å². The van der Waals surface area contributed by atoms with Crippen molar-refractivity contribution in [3.63, 3.8) is 0 Å². The normalized spacial score (nSPS) is 15.1. The summed E-state index contributed by atoms with van der Waals surface area (Å²) in [7, 11) is 1.83. The van der Waals surface area contributed by atoms with Crippen LogP contribution in [-0.2, 0) is 4.74 Å². The molecule has 0 aromatic carbocycles. The number of hydrogen-bond acceptors (Lipinski definition) is 4. The second-order valence-corrected chi connectivity index (χ2v) is 9.15. The van der Waals surface area contributed by atoms with Crippen LogP contribution in [0.4, 0.5) is 5.88 Å². The van der Waals surface area contributed by atoms with Gasteiger partial charge in [-0.25, -0.2) is 4.98 Å².